The highest BCUT2D eigenvalue weighted by Gasteiger charge is 2.30. The first-order valence-electron chi connectivity index (χ1n) is 13.0. The van der Waals surface area contributed by atoms with E-state index in [0.29, 0.717) is 36.6 Å². The van der Waals surface area contributed by atoms with E-state index in [4.69, 9.17) is 23.2 Å². The molecule has 0 radical (unpaired) electrons. The highest BCUT2D eigenvalue weighted by Crippen LogP contribution is 2.32. The van der Waals surface area contributed by atoms with Gasteiger partial charge in [0.2, 0.25) is 0 Å². The highest BCUT2D eigenvalue weighted by molar-refractivity contribution is 7.90. The molecule has 3 N–H and O–H groups in total. The van der Waals surface area contributed by atoms with Gasteiger partial charge in [-0.15, -0.1) is 0 Å². The van der Waals surface area contributed by atoms with Crippen molar-refractivity contribution in [1.29, 1.82) is 0 Å². The van der Waals surface area contributed by atoms with E-state index in [1.165, 1.54) is 22.8 Å². The lowest BCUT2D eigenvalue weighted by atomic mass is 9.89. The number of carbonyl (C=O) groups is 2. The number of likely N-dealkylation sites (tertiary alicyclic amines) is 1. The number of piperidine rings is 1. The van der Waals surface area contributed by atoms with Gasteiger partial charge in [0.25, 0.3) is 15.9 Å². The quantitative estimate of drug-likeness (QED) is 0.262. The molecule has 2 aromatic heterocycles. The maximum Gasteiger partial charge on any atom is 0.328 e. The zero-order valence-electron chi connectivity index (χ0n) is 22.3. The fourth-order valence-electron chi connectivity index (χ4n) is 4.78. The molecule has 1 saturated heterocycles. The number of hydrogen-bond donors (Lipinski definition) is 3. The minimum Gasteiger partial charge on any atom is -0.339 e. The number of sulfonamides is 1. The molecule has 3 amide bonds. The third-order valence-corrected chi connectivity index (χ3v) is 8.94. The van der Waals surface area contributed by atoms with Crippen LogP contribution in [0.25, 0.3) is 5.65 Å². The summed E-state index contributed by atoms with van der Waals surface area (Å²) in [5.41, 5.74) is 1.50. The molecule has 0 bridgehead atoms. The summed E-state index contributed by atoms with van der Waals surface area (Å²) in [4.78, 5) is 31.3. The second kappa shape index (κ2) is 12.1. The maximum absolute atomic E-state index is 13.8. The van der Waals surface area contributed by atoms with Gasteiger partial charge < -0.3 is 15.5 Å². The zero-order valence-corrected chi connectivity index (χ0v) is 24.6. The van der Waals surface area contributed by atoms with Crippen LogP contribution in [0.3, 0.4) is 0 Å². The number of amides is 3. The molecule has 0 atom stereocenters. The van der Waals surface area contributed by atoms with Gasteiger partial charge in [-0.2, -0.15) is 9.61 Å². The van der Waals surface area contributed by atoms with Crippen LogP contribution >= 0.6 is 23.2 Å². The van der Waals surface area contributed by atoms with Crippen molar-refractivity contribution in [2.45, 2.75) is 30.6 Å². The molecule has 11 nitrogen and oxygen atoms in total. The van der Waals surface area contributed by atoms with E-state index in [1.807, 2.05) is 4.72 Å². The Balaban J connectivity index is 1.49. The molecule has 1 fully saturated rings. The van der Waals surface area contributed by atoms with Gasteiger partial charge >= 0.3 is 6.03 Å². The van der Waals surface area contributed by atoms with E-state index in [2.05, 4.69) is 20.7 Å². The Morgan fingerprint density at radius 2 is 1.76 bits per heavy atom. The van der Waals surface area contributed by atoms with E-state index in [0.717, 1.165) is 11.8 Å². The minimum absolute atomic E-state index is 0.110. The molecule has 42 heavy (non-hydrogen) atoms. The van der Waals surface area contributed by atoms with Crippen molar-refractivity contribution in [1.82, 2.24) is 29.5 Å². The van der Waals surface area contributed by atoms with Gasteiger partial charge in [-0.25, -0.2) is 27.3 Å². The predicted octanol–water partition coefficient (Wildman–Crippen LogP) is 4.95. The number of nitrogens with zero attached hydrogens (tertiary/aromatic N) is 4. The van der Waals surface area contributed by atoms with Crippen molar-refractivity contribution in [3.05, 3.63) is 81.8 Å². The molecule has 0 saturated carbocycles. The Hall–Kier alpha value is -3.94. The van der Waals surface area contributed by atoms with Crippen molar-refractivity contribution in [2.24, 2.45) is 0 Å². The number of benzene rings is 2. The van der Waals surface area contributed by atoms with Crippen molar-refractivity contribution < 1.29 is 22.4 Å². The number of aromatic nitrogens is 3. The Morgan fingerprint density at radius 1 is 1.05 bits per heavy atom. The molecule has 5 rings (SSSR count). The summed E-state index contributed by atoms with van der Waals surface area (Å²) >= 11 is 12.3. The van der Waals surface area contributed by atoms with Crippen LogP contribution in [-0.2, 0) is 10.0 Å². The van der Waals surface area contributed by atoms with Gasteiger partial charge in [-0.3, -0.25) is 4.79 Å². The second-order valence-electron chi connectivity index (χ2n) is 9.60. The van der Waals surface area contributed by atoms with Crippen LogP contribution in [0.5, 0.6) is 0 Å². The fourth-order valence-corrected chi connectivity index (χ4v) is 6.07. The standard InChI is InChI=1S/C27H26Cl2FN7O4S/c1-2-31-27(39)35-42(40,41)23-15-33-37-24(34-19-7-8-21(28)22(29)13-19)20(14-32-25(23)37)26(38)36-11-9-17(10-12-36)16-3-5-18(30)6-4-16/h3-8,13-15,17,34H,2,9-12H2,1H3,(H2,31,35,39). The van der Waals surface area contributed by atoms with Crippen LogP contribution in [0, 0.1) is 5.82 Å². The molecule has 0 spiro atoms. The Kier molecular flexibility index (Phi) is 8.53. The monoisotopic (exact) mass is 633 g/mol. The summed E-state index contributed by atoms with van der Waals surface area (Å²) in [6.07, 6.45) is 3.68. The van der Waals surface area contributed by atoms with E-state index in [1.54, 1.807) is 42.2 Å². The van der Waals surface area contributed by atoms with Crippen LogP contribution in [0.15, 0.2) is 59.8 Å². The number of urea groups is 1. The smallest absolute Gasteiger partial charge is 0.328 e. The van der Waals surface area contributed by atoms with Crippen molar-refractivity contribution in [2.75, 3.05) is 25.0 Å². The number of fused-ring (bicyclic) bond motifs is 1. The average Bonchev–Trinajstić information content (AvgIpc) is 3.41. The van der Waals surface area contributed by atoms with Gasteiger partial charge in [0, 0.05) is 31.5 Å². The molecule has 220 valence electrons. The molecule has 0 aliphatic carbocycles. The van der Waals surface area contributed by atoms with E-state index >= 15 is 0 Å². The van der Waals surface area contributed by atoms with Crippen molar-refractivity contribution >= 4 is 62.3 Å². The van der Waals surface area contributed by atoms with Gasteiger partial charge in [0.1, 0.15) is 17.2 Å². The number of anilines is 2. The molecular formula is C27H26Cl2FN7O4S. The zero-order chi connectivity index (χ0) is 30.0. The lowest BCUT2D eigenvalue weighted by molar-refractivity contribution is 0.0713. The first-order valence-corrected chi connectivity index (χ1v) is 15.3. The first kappa shape index (κ1) is 29.5. The van der Waals surface area contributed by atoms with Crippen LogP contribution in [0.2, 0.25) is 10.0 Å². The number of carbonyl (C=O) groups excluding carboxylic acids is 2. The Labute approximate surface area is 251 Å². The molecule has 15 heteroatoms. The normalized spacial score (nSPS) is 14.1. The van der Waals surface area contributed by atoms with Crippen LogP contribution < -0.4 is 15.4 Å². The Bertz CT molecular complexity index is 1760. The third kappa shape index (κ3) is 6.13. The largest absolute Gasteiger partial charge is 0.339 e. The lowest BCUT2D eigenvalue weighted by Gasteiger charge is -2.32. The summed E-state index contributed by atoms with van der Waals surface area (Å²) in [5.74, 6) is -0.320. The lowest BCUT2D eigenvalue weighted by Crippen LogP contribution is -2.39. The molecule has 1 aliphatic rings. The maximum atomic E-state index is 13.8. The summed E-state index contributed by atoms with van der Waals surface area (Å²) in [6, 6.07) is 10.2. The highest BCUT2D eigenvalue weighted by atomic mass is 35.5. The van der Waals surface area contributed by atoms with Crippen LogP contribution in [0.4, 0.5) is 20.7 Å². The third-order valence-electron chi connectivity index (χ3n) is 6.88. The summed E-state index contributed by atoms with van der Waals surface area (Å²) in [7, 11) is -4.35. The van der Waals surface area contributed by atoms with E-state index in [-0.39, 0.29) is 51.1 Å². The van der Waals surface area contributed by atoms with Crippen LogP contribution in [0.1, 0.15) is 41.6 Å². The van der Waals surface area contributed by atoms with Gasteiger partial charge in [0.05, 0.1) is 16.2 Å². The van der Waals surface area contributed by atoms with E-state index < -0.39 is 16.1 Å². The van der Waals surface area contributed by atoms with Gasteiger partial charge in [-0.1, -0.05) is 35.3 Å². The van der Waals surface area contributed by atoms with Crippen LogP contribution in [-0.4, -0.2) is 59.5 Å². The molecule has 1 aliphatic heterocycles. The van der Waals surface area contributed by atoms with E-state index in [9.17, 15) is 22.4 Å². The molecular weight excluding hydrogens is 608 g/mol. The summed E-state index contributed by atoms with van der Waals surface area (Å²) in [6.45, 7) is 2.76. The first-order chi connectivity index (χ1) is 20.1. The van der Waals surface area contributed by atoms with Crippen molar-refractivity contribution in [3.8, 4) is 0 Å². The summed E-state index contributed by atoms with van der Waals surface area (Å²) in [5, 5.41) is 10.3. The second-order valence-corrected chi connectivity index (χ2v) is 12.1. The predicted molar refractivity (Wildman–Crippen MR) is 156 cm³/mol. The van der Waals surface area contributed by atoms with Crippen molar-refractivity contribution in [3.63, 3.8) is 0 Å². The molecule has 2 aromatic carbocycles. The Morgan fingerprint density at radius 3 is 2.43 bits per heavy atom. The van der Waals surface area contributed by atoms with Gasteiger partial charge in [0.15, 0.2) is 10.5 Å². The number of hydrogen-bond acceptors (Lipinski definition) is 7. The molecule has 0 unspecified atom stereocenters. The molecule has 4 aromatic rings. The van der Waals surface area contributed by atoms with Gasteiger partial charge in [-0.05, 0) is 61.6 Å². The number of halogens is 3. The average molecular weight is 635 g/mol. The number of nitrogens with one attached hydrogen (secondary N) is 3. The SMILES string of the molecule is CCNC(=O)NS(=O)(=O)c1cnn2c(Nc3ccc(Cl)c(Cl)c3)c(C(=O)N3CCC(c4ccc(F)cc4)CC3)cnc12. The fraction of sp³-hybridized carbons (Fsp3) is 0.259. The minimum atomic E-state index is -4.35. The summed E-state index contributed by atoms with van der Waals surface area (Å²) < 4.78 is 42.4. The molecule has 3 heterocycles. The topological polar surface area (TPSA) is 138 Å². The number of rotatable bonds is 7.